The first-order chi connectivity index (χ1) is 9.02. The molecule has 0 bridgehead atoms. The number of pyridine rings is 1. The van der Waals surface area contributed by atoms with Gasteiger partial charge in [-0.15, -0.1) is 0 Å². The van der Waals surface area contributed by atoms with Crippen molar-refractivity contribution in [3.05, 3.63) is 42.2 Å². The van der Waals surface area contributed by atoms with E-state index in [-0.39, 0.29) is 5.92 Å². The Bertz CT molecular complexity index is 591. The first-order valence-electron chi connectivity index (χ1n) is 6.26. The SMILES string of the molecule is CC(C(=O)O)C(C)C(O)c1cncc2ccccc12. The number of hydrogen-bond acceptors (Lipinski definition) is 3. The number of carboxylic acid groups (broad SMARTS) is 1. The Balaban J connectivity index is 2.41. The van der Waals surface area contributed by atoms with E-state index in [1.54, 1.807) is 26.2 Å². The lowest BCUT2D eigenvalue weighted by Gasteiger charge is -2.23. The Morgan fingerprint density at radius 1 is 1.21 bits per heavy atom. The zero-order valence-corrected chi connectivity index (χ0v) is 10.9. The van der Waals surface area contributed by atoms with E-state index in [1.165, 1.54) is 0 Å². The third-order valence-corrected chi connectivity index (χ3v) is 3.69. The molecule has 2 aromatic rings. The summed E-state index contributed by atoms with van der Waals surface area (Å²) >= 11 is 0. The lowest BCUT2D eigenvalue weighted by atomic mass is 9.86. The van der Waals surface area contributed by atoms with Crippen molar-refractivity contribution in [1.29, 1.82) is 0 Å². The van der Waals surface area contributed by atoms with Crippen LogP contribution in [0.4, 0.5) is 0 Å². The molecule has 0 aliphatic rings. The molecule has 4 nitrogen and oxygen atoms in total. The first kappa shape index (κ1) is 13.5. The predicted octanol–water partition coefficient (Wildman–Crippen LogP) is 2.63. The molecule has 0 amide bonds. The van der Waals surface area contributed by atoms with Crippen LogP contribution < -0.4 is 0 Å². The number of carbonyl (C=O) groups is 1. The van der Waals surface area contributed by atoms with Crippen LogP contribution in [0, 0.1) is 11.8 Å². The molecule has 100 valence electrons. The molecule has 0 spiro atoms. The molecule has 2 rings (SSSR count). The lowest BCUT2D eigenvalue weighted by molar-refractivity contribution is -0.144. The van der Waals surface area contributed by atoms with Crippen LogP contribution in [-0.2, 0) is 4.79 Å². The van der Waals surface area contributed by atoms with Crippen molar-refractivity contribution in [2.24, 2.45) is 11.8 Å². The van der Waals surface area contributed by atoms with Gasteiger partial charge in [-0.25, -0.2) is 0 Å². The fourth-order valence-electron chi connectivity index (χ4n) is 2.16. The number of hydrogen-bond donors (Lipinski definition) is 2. The Hall–Kier alpha value is -1.94. The second-order valence-corrected chi connectivity index (χ2v) is 4.88. The minimum atomic E-state index is -0.903. The quantitative estimate of drug-likeness (QED) is 0.885. The largest absolute Gasteiger partial charge is 0.481 e. The lowest BCUT2D eigenvalue weighted by Crippen LogP contribution is -2.24. The van der Waals surface area contributed by atoms with Crippen molar-refractivity contribution in [3.8, 4) is 0 Å². The topological polar surface area (TPSA) is 70.4 Å². The van der Waals surface area contributed by atoms with Gasteiger partial charge < -0.3 is 10.2 Å². The summed E-state index contributed by atoms with van der Waals surface area (Å²) in [4.78, 5) is 15.1. The van der Waals surface area contributed by atoms with Crippen molar-refractivity contribution in [3.63, 3.8) is 0 Å². The average Bonchev–Trinajstić information content (AvgIpc) is 2.44. The number of aromatic nitrogens is 1. The van der Waals surface area contributed by atoms with Gasteiger partial charge in [0.25, 0.3) is 0 Å². The summed E-state index contributed by atoms with van der Waals surface area (Å²) in [5, 5.41) is 21.3. The van der Waals surface area contributed by atoms with E-state index < -0.39 is 18.0 Å². The maximum Gasteiger partial charge on any atom is 0.306 e. The van der Waals surface area contributed by atoms with Crippen molar-refractivity contribution in [2.45, 2.75) is 20.0 Å². The molecule has 0 aliphatic carbocycles. The standard InChI is InChI=1S/C15H17NO3/c1-9(10(2)15(18)19)14(17)13-8-16-7-11-5-3-4-6-12(11)13/h3-10,14,17H,1-2H3,(H,18,19). The minimum Gasteiger partial charge on any atom is -0.481 e. The summed E-state index contributed by atoms with van der Waals surface area (Å²) < 4.78 is 0. The van der Waals surface area contributed by atoms with Gasteiger partial charge in [0.1, 0.15) is 0 Å². The summed E-state index contributed by atoms with van der Waals surface area (Å²) in [5.41, 5.74) is 0.679. The fourth-order valence-corrected chi connectivity index (χ4v) is 2.16. The van der Waals surface area contributed by atoms with Gasteiger partial charge in [0, 0.05) is 23.3 Å². The zero-order valence-electron chi connectivity index (χ0n) is 10.9. The Morgan fingerprint density at radius 2 is 1.89 bits per heavy atom. The monoisotopic (exact) mass is 259 g/mol. The van der Waals surface area contributed by atoms with Gasteiger partial charge in [0.2, 0.25) is 0 Å². The second-order valence-electron chi connectivity index (χ2n) is 4.88. The molecule has 1 aromatic carbocycles. The molecule has 0 saturated carbocycles. The van der Waals surface area contributed by atoms with E-state index in [4.69, 9.17) is 5.11 Å². The molecular formula is C15H17NO3. The normalized spacial score (nSPS) is 15.9. The number of aliphatic carboxylic acids is 1. The van der Waals surface area contributed by atoms with Gasteiger partial charge in [0.15, 0.2) is 0 Å². The highest BCUT2D eigenvalue weighted by molar-refractivity contribution is 5.85. The Morgan fingerprint density at radius 3 is 2.58 bits per heavy atom. The molecule has 0 saturated heterocycles. The number of rotatable bonds is 4. The third-order valence-electron chi connectivity index (χ3n) is 3.69. The van der Waals surface area contributed by atoms with Crippen LogP contribution in [0.5, 0.6) is 0 Å². The molecule has 2 N–H and O–H groups in total. The summed E-state index contributed by atoms with van der Waals surface area (Å²) in [5.74, 6) is -1.90. The van der Waals surface area contributed by atoms with Crippen molar-refractivity contribution < 1.29 is 15.0 Å². The summed E-state index contributed by atoms with van der Waals surface area (Å²) in [6.07, 6.45) is 2.50. The highest BCUT2D eigenvalue weighted by atomic mass is 16.4. The number of aliphatic hydroxyl groups is 1. The van der Waals surface area contributed by atoms with Crippen LogP contribution in [0.3, 0.4) is 0 Å². The second kappa shape index (κ2) is 5.36. The number of fused-ring (bicyclic) bond motifs is 1. The molecule has 0 aliphatic heterocycles. The summed E-state index contributed by atoms with van der Waals surface area (Å²) in [6.45, 7) is 3.35. The first-order valence-corrected chi connectivity index (χ1v) is 6.26. The molecule has 1 heterocycles. The van der Waals surface area contributed by atoms with Gasteiger partial charge in [-0.3, -0.25) is 9.78 Å². The van der Waals surface area contributed by atoms with Crippen LogP contribution in [0.25, 0.3) is 10.8 Å². The highest BCUT2D eigenvalue weighted by Crippen LogP contribution is 2.31. The Kier molecular flexibility index (Phi) is 3.81. The van der Waals surface area contributed by atoms with Crippen LogP contribution in [0.15, 0.2) is 36.7 Å². The van der Waals surface area contributed by atoms with E-state index in [2.05, 4.69) is 4.98 Å². The average molecular weight is 259 g/mol. The van der Waals surface area contributed by atoms with Gasteiger partial charge >= 0.3 is 5.97 Å². The Labute approximate surface area is 111 Å². The van der Waals surface area contributed by atoms with E-state index in [0.717, 1.165) is 10.8 Å². The molecular weight excluding hydrogens is 242 g/mol. The molecule has 1 aromatic heterocycles. The molecule has 4 heteroatoms. The van der Waals surface area contributed by atoms with Gasteiger partial charge in [-0.1, -0.05) is 38.1 Å². The van der Waals surface area contributed by atoms with Crippen LogP contribution in [0.2, 0.25) is 0 Å². The summed E-state index contributed by atoms with van der Waals surface area (Å²) in [7, 11) is 0. The maximum atomic E-state index is 11.0. The van der Waals surface area contributed by atoms with Crippen LogP contribution >= 0.6 is 0 Å². The number of carboxylic acids is 1. The van der Waals surface area contributed by atoms with Crippen LogP contribution in [-0.4, -0.2) is 21.2 Å². The molecule has 3 unspecified atom stereocenters. The maximum absolute atomic E-state index is 11.0. The zero-order chi connectivity index (χ0) is 14.0. The number of nitrogens with zero attached hydrogens (tertiary/aromatic N) is 1. The highest BCUT2D eigenvalue weighted by Gasteiger charge is 2.28. The van der Waals surface area contributed by atoms with E-state index >= 15 is 0 Å². The molecule has 0 fully saturated rings. The molecule has 19 heavy (non-hydrogen) atoms. The van der Waals surface area contributed by atoms with Crippen LogP contribution in [0.1, 0.15) is 25.5 Å². The molecule has 3 atom stereocenters. The smallest absolute Gasteiger partial charge is 0.306 e. The number of aliphatic hydroxyl groups excluding tert-OH is 1. The fraction of sp³-hybridized carbons (Fsp3) is 0.333. The molecule has 0 radical (unpaired) electrons. The van der Waals surface area contributed by atoms with E-state index in [1.807, 2.05) is 24.3 Å². The van der Waals surface area contributed by atoms with E-state index in [9.17, 15) is 9.90 Å². The van der Waals surface area contributed by atoms with Gasteiger partial charge in [0.05, 0.1) is 12.0 Å². The van der Waals surface area contributed by atoms with Gasteiger partial charge in [-0.05, 0) is 11.3 Å². The summed E-state index contributed by atoms with van der Waals surface area (Å²) in [6, 6.07) is 7.63. The van der Waals surface area contributed by atoms with Crippen molar-refractivity contribution in [1.82, 2.24) is 4.98 Å². The number of benzene rings is 1. The minimum absolute atomic E-state index is 0.384. The predicted molar refractivity (Wildman–Crippen MR) is 72.7 cm³/mol. The van der Waals surface area contributed by atoms with Crippen molar-refractivity contribution >= 4 is 16.7 Å². The van der Waals surface area contributed by atoms with E-state index in [0.29, 0.717) is 5.56 Å². The van der Waals surface area contributed by atoms with Crippen molar-refractivity contribution in [2.75, 3.05) is 0 Å². The third kappa shape index (κ3) is 2.58. The van der Waals surface area contributed by atoms with Gasteiger partial charge in [-0.2, -0.15) is 0 Å².